The van der Waals surface area contributed by atoms with Crippen molar-refractivity contribution in [1.29, 1.82) is 0 Å². The van der Waals surface area contributed by atoms with E-state index in [1.165, 1.54) is 6.42 Å². The van der Waals surface area contributed by atoms with Crippen LogP contribution in [0.2, 0.25) is 0 Å². The highest BCUT2D eigenvalue weighted by Crippen LogP contribution is 2.25. The van der Waals surface area contributed by atoms with Gasteiger partial charge in [0.25, 0.3) is 0 Å². The van der Waals surface area contributed by atoms with Crippen LogP contribution in [0.3, 0.4) is 0 Å². The number of nitrogens with one attached hydrogen (secondary N) is 1. The lowest BCUT2D eigenvalue weighted by molar-refractivity contribution is -0.131. The Labute approximate surface area is 90.5 Å². The molecule has 2 unspecified atom stereocenters. The van der Waals surface area contributed by atoms with E-state index >= 15 is 0 Å². The van der Waals surface area contributed by atoms with Crippen LogP contribution < -0.4 is 11.1 Å². The second-order valence-corrected chi connectivity index (χ2v) is 4.54. The standard InChI is InChI=1S/C11H20N2O2/c12-7-8-3-1-4-9(8)13-11(14)10-5-2-6-15-10/h8-10H,1-7,12H2,(H,13,14)/t8?,9?,10-/m1/s1. The predicted octanol–water partition coefficient (Wildman–Crippen LogP) is 0.409. The zero-order chi connectivity index (χ0) is 10.7. The minimum atomic E-state index is -0.205. The molecule has 0 aromatic rings. The number of hydrogen-bond donors (Lipinski definition) is 2. The molecule has 0 aromatic heterocycles. The molecule has 15 heavy (non-hydrogen) atoms. The molecular weight excluding hydrogens is 192 g/mol. The van der Waals surface area contributed by atoms with Gasteiger partial charge in [-0.05, 0) is 38.1 Å². The van der Waals surface area contributed by atoms with Gasteiger partial charge in [-0.3, -0.25) is 4.79 Å². The summed E-state index contributed by atoms with van der Waals surface area (Å²) in [6.07, 6.45) is 5.06. The summed E-state index contributed by atoms with van der Waals surface area (Å²) < 4.78 is 5.35. The van der Waals surface area contributed by atoms with Gasteiger partial charge in [0.1, 0.15) is 6.10 Å². The molecule has 1 saturated carbocycles. The molecule has 0 spiro atoms. The number of hydrogen-bond acceptors (Lipinski definition) is 3. The smallest absolute Gasteiger partial charge is 0.249 e. The molecule has 1 saturated heterocycles. The maximum Gasteiger partial charge on any atom is 0.249 e. The van der Waals surface area contributed by atoms with E-state index < -0.39 is 0 Å². The fraction of sp³-hybridized carbons (Fsp3) is 0.909. The van der Waals surface area contributed by atoms with E-state index in [2.05, 4.69) is 5.32 Å². The summed E-state index contributed by atoms with van der Waals surface area (Å²) >= 11 is 0. The summed E-state index contributed by atoms with van der Waals surface area (Å²) in [7, 11) is 0. The Morgan fingerprint density at radius 3 is 2.87 bits per heavy atom. The Morgan fingerprint density at radius 2 is 2.20 bits per heavy atom. The maximum absolute atomic E-state index is 11.8. The highest BCUT2D eigenvalue weighted by atomic mass is 16.5. The first-order chi connectivity index (χ1) is 7.31. The van der Waals surface area contributed by atoms with Gasteiger partial charge in [-0.1, -0.05) is 6.42 Å². The number of nitrogens with two attached hydrogens (primary N) is 1. The first kappa shape index (κ1) is 10.9. The summed E-state index contributed by atoms with van der Waals surface area (Å²) in [6, 6.07) is 0.284. The Kier molecular flexibility index (Phi) is 3.59. The lowest BCUT2D eigenvalue weighted by Crippen LogP contribution is -2.44. The number of rotatable bonds is 3. The third-order valence-corrected chi connectivity index (χ3v) is 3.51. The lowest BCUT2D eigenvalue weighted by Gasteiger charge is -2.21. The van der Waals surface area contributed by atoms with Gasteiger partial charge in [0.2, 0.25) is 5.91 Å². The summed E-state index contributed by atoms with van der Waals surface area (Å²) in [5, 5.41) is 3.08. The topological polar surface area (TPSA) is 64.3 Å². The fourth-order valence-corrected chi connectivity index (χ4v) is 2.57. The van der Waals surface area contributed by atoms with Crippen LogP contribution in [-0.2, 0) is 9.53 Å². The molecule has 2 fully saturated rings. The Morgan fingerprint density at radius 1 is 1.33 bits per heavy atom. The predicted molar refractivity (Wildman–Crippen MR) is 57.3 cm³/mol. The van der Waals surface area contributed by atoms with Crippen LogP contribution in [0.15, 0.2) is 0 Å². The molecule has 3 N–H and O–H groups in total. The quantitative estimate of drug-likeness (QED) is 0.712. The third kappa shape index (κ3) is 2.49. The van der Waals surface area contributed by atoms with Crippen LogP contribution in [-0.4, -0.2) is 31.2 Å². The normalized spacial score (nSPS) is 35.7. The van der Waals surface area contributed by atoms with Crippen molar-refractivity contribution in [2.75, 3.05) is 13.2 Å². The molecule has 1 amide bonds. The van der Waals surface area contributed by atoms with Crippen LogP contribution in [0, 0.1) is 5.92 Å². The second kappa shape index (κ2) is 4.94. The molecule has 3 atom stereocenters. The van der Waals surface area contributed by atoms with Crippen molar-refractivity contribution in [2.24, 2.45) is 11.7 Å². The molecule has 4 heteroatoms. The van der Waals surface area contributed by atoms with E-state index in [9.17, 15) is 4.79 Å². The van der Waals surface area contributed by atoms with E-state index in [1.54, 1.807) is 0 Å². The van der Waals surface area contributed by atoms with Crippen molar-refractivity contribution in [2.45, 2.75) is 44.2 Å². The highest BCUT2D eigenvalue weighted by molar-refractivity contribution is 5.81. The first-order valence-electron chi connectivity index (χ1n) is 5.93. The van der Waals surface area contributed by atoms with Gasteiger partial charge in [-0.2, -0.15) is 0 Å². The number of carbonyl (C=O) groups excluding carboxylic acids is 1. The molecule has 0 radical (unpaired) electrons. The van der Waals surface area contributed by atoms with Crippen LogP contribution in [0.4, 0.5) is 0 Å². The van der Waals surface area contributed by atoms with Gasteiger partial charge < -0.3 is 15.8 Å². The van der Waals surface area contributed by atoms with Gasteiger partial charge in [-0.25, -0.2) is 0 Å². The van der Waals surface area contributed by atoms with Crippen molar-refractivity contribution in [3.63, 3.8) is 0 Å². The van der Waals surface area contributed by atoms with Gasteiger partial charge in [-0.15, -0.1) is 0 Å². The van der Waals surface area contributed by atoms with Gasteiger partial charge in [0, 0.05) is 12.6 Å². The summed E-state index contributed by atoms with van der Waals surface area (Å²) in [4.78, 5) is 11.8. The molecular formula is C11H20N2O2. The van der Waals surface area contributed by atoms with Crippen LogP contribution >= 0.6 is 0 Å². The van der Waals surface area contributed by atoms with Crippen molar-refractivity contribution in [1.82, 2.24) is 5.32 Å². The van der Waals surface area contributed by atoms with E-state index in [0.717, 1.165) is 32.3 Å². The highest BCUT2D eigenvalue weighted by Gasteiger charge is 2.31. The molecule has 0 aromatic carbocycles. The largest absolute Gasteiger partial charge is 0.368 e. The van der Waals surface area contributed by atoms with Crippen molar-refractivity contribution in [3.05, 3.63) is 0 Å². The summed E-state index contributed by atoms with van der Waals surface area (Å²) in [5.74, 6) is 0.535. The number of ether oxygens (including phenoxy) is 1. The van der Waals surface area contributed by atoms with Crippen LogP contribution in [0.25, 0.3) is 0 Å². The van der Waals surface area contributed by atoms with E-state index in [-0.39, 0.29) is 18.1 Å². The molecule has 4 nitrogen and oxygen atoms in total. The van der Waals surface area contributed by atoms with Gasteiger partial charge in [0.15, 0.2) is 0 Å². The van der Waals surface area contributed by atoms with Crippen molar-refractivity contribution in [3.8, 4) is 0 Å². The first-order valence-corrected chi connectivity index (χ1v) is 5.93. The van der Waals surface area contributed by atoms with Crippen molar-refractivity contribution >= 4 is 5.91 Å². The Bertz CT molecular complexity index is 227. The van der Waals surface area contributed by atoms with Crippen LogP contribution in [0.1, 0.15) is 32.1 Å². The molecule has 2 rings (SSSR count). The summed E-state index contributed by atoms with van der Waals surface area (Å²) in [5.41, 5.74) is 5.67. The lowest BCUT2D eigenvalue weighted by atomic mass is 10.0. The monoisotopic (exact) mass is 212 g/mol. The van der Waals surface area contributed by atoms with Gasteiger partial charge >= 0.3 is 0 Å². The average molecular weight is 212 g/mol. The SMILES string of the molecule is NCC1CCCC1NC(=O)[C@H]1CCCO1. The number of amides is 1. The molecule has 0 bridgehead atoms. The molecule has 1 aliphatic carbocycles. The van der Waals surface area contributed by atoms with Gasteiger partial charge in [0.05, 0.1) is 0 Å². The minimum absolute atomic E-state index is 0.0675. The minimum Gasteiger partial charge on any atom is -0.368 e. The van der Waals surface area contributed by atoms with Crippen LogP contribution in [0.5, 0.6) is 0 Å². The van der Waals surface area contributed by atoms with E-state index in [0.29, 0.717) is 12.5 Å². The Balaban J connectivity index is 1.82. The second-order valence-electron chi connectivity index (χ2n) is 4.54. The average Bonchev–Trinajstić information content (AvgIpc) is 2.87. The molecule has 1 heterocycles. The van der Waals surface area contributed by atoms with E-state index in [4.69, 9.17) is 10.5 Å². The molecule has 1 aliphatic heterocycles. The third-order valence-electron chi connectivity index (χ3n) is 3.51. The maximum atomic E-state index is 11.8. The fourth-order valence-electron chi connectivity index (χ4n) is 2.57. The molecule has 86 valence electrons. The Hall–Kier alpha value is -0.610. The zero-order valence-electron chi connectivity index (χ0n) is 9.08. The van der Waals surface area contributed by atoms with E-state index in [1.807, 2.05) is 0 Å². The summed E-state index contributed by atoms with van der Waals surface area (Å²) in [6.45, 7) is 1.40. The van der Waals surface area contributed by atoms with Crippen molar-refractivity contribution < 1.29 is 9.53 Å². The zero-order valence-corrected chi connectivity index (χ0v) is 9.08. The molecule has 2 aliphatic rings. The number of carbonyl (C=O) groups is 1.